The van der Waals surface area contributed by atoms with Crippen molar-refractivity contribution in [1.82, 2.24) is 4.90 Å². The summed E-state index contributed by atoms with van der Waals surface area (Å²) in [7, 11) is 2.21. The van der Waals surface area contributed by atoms with E-state index in [2.05, 4.69) is 81.2 Å². The van der Waals surface area contributed by atoms with Gasteiger partial charge >= 0.3 is 0 Å². The highest BCUT2D eigenvalue weighted by Crippen LogP contribution is 2.21. The van der Waals surface area contributed by atoms with Gasteiger partial charge in [0.1, 0.15) is 0 Å². The number of hydrogen-bond acceptors (Lipinski definition) is 1. The molecule has 0 bridgehead atoms. The van der Waals surface area contributed by atoms with E-state index in [0.29, 0.717) is 0 Å². The Hall–Kier alpha value is -1.60. The van der Waals surface area contributed by atoms with Gasteiger partial charge in [0, 0.05) is 6.54 Å². The summed E-state index contributed by atoms with van der Waals surface area (Å²) in [5, 5.41) is 0. The number of nitrogens with zero attached hydrogens (tertiary/aromatic N) is 1. The zero-order valence-corrected chi connectivity index (χ0v) is 13.8. The van der Waals surface area contributed by atoms with E-state index in [1.807, 2.05) is 0 Å². The first-order valence-electron chi connectivity index (χ1n) is 7.89. The molecule has 2 aromatic rings. The summed E-state index contributed by atoms with van der Waals surface area (Å²) in [4.78, 5) is 2.40. The molecule has 0 aliphatic carbocycles. The fourth-order valence-corrected chi connectivity index (χ4v) is 2.50. The summed E-state index contributed by atoms with van der Waals surface area (Å²) in [6, 6.07) is 17.7. The van der Waals surface area contributed by atoms with E-state index in [9.17, 15) is 0 Å². The maximum Gasteiger partial charge on any atom is 0.0230 e. The van der Waals surface area contributed by atoms with Crippen LogP contribution < -0.4 is 0 Å². The van der Waals surface area contributed by atoms with E-state index in [-0.39, 0.29) is 0 Å². The first kappa shape index (κ1) is 15.8. The van der Waals surface area contributed by atoms with Gasteiger partial charge in [-0.25, -0.2) is 0 Å². The lowest BCUT2D eigenvalue weighted by Crippen LogP contribution is -2.20. The third-order valence-electron chi connectivity index (χ3n) is 3.85. The minimum Gasteiger partial charge on any atom is -0.302 e. The number of benzene rings is 2. The summed E-state index contributed by atoms with van der Waals surface area (Å²) in [5.41, 5.74) is 5.30. The summed E-state index contributed by atoms with van der Waals surface area (Å²) in [6.45, 7) is 8.90. The Morgan fingerprint density at radius 3 is 2.29 bits per heavy atom. The van der Waals surface area contributed by atoms with Gasteiger partial charge in [-0.05, 0) is 49.5 Å². The van der Waals surface area contributed by atoms with Gasteiger partial charge in [-0.2, -0.15) is 0 Å². The molecule has 1 heteroatoms. The molecule has 0 spiro atoms. The van der Waals surface area contributed by atoms with Crippen molar-refractivity contribution in [3.05, 3.63) is 59.7 Å². The second-order valence-corrected chi connectivity index (χ2v) is 6.49. The molecule has 2 rings (SSSR count). The minimum absolute atomic E-state index is 0.774. The first-order chi connectivity index (χ1) is 10.0. The third-order valence-corrected chi connectivity index (χ3v) is 3.85. The van der Waals surface area contributed by atoms with Crippen LogP contribution in [0.1, 0.15) is 31.4 Å². The Balaban J connectivity index is 1.99. The lowest BCUT2D eigenvalue weighted by molar-refractivity contribution is 0.303. The van der Waals surface area contributed by atoms with Crippen molar-refractivity contribution in [1.29, 1.82) is 0 Å². The third kappa shape index (κ3) is 5.02. The molecule has 1 nitrogen and oxygen atoms in total. The van der Waals surface area contributed by atoms with Crippen molar-refractivity contribution >= 4 is 0 Å². The molecule has 0 heterocycles. The molecule has 0 fully saturated rings. The van der Waals surface area contributed by atoms with E-state index >= 15 is 0 Å². The molecule has 0 amide bonds. The van der Waals surface area contributed by atoms with E-state index in [1.54, 1.807) is 0 Å². The second kappa shape index (κ2) is 7.42. The number of aryl methyl sites for hydroxylation is 1. The average molecular weight is 281 g/mol. The Bertz CT molecular complexity index is 554. The highest BCUT2D eigenvalue weighted by atomic mass is 15.1. The molecule has 0 radical (unpaired) electrons. The minimum atomic E-state index is 0.774. The lowest BCUT2D eigenvalue weighted by Gasteiger charge is -2.18. The standard InChI is InChI=1S/C20H27N/c1-16(2)12-13-21(4)15-18-8-10-19(11-9-18)20-7-5-6-17(3)14-20/h5-11,14,16H,12-13,15H2,1-4H3. The largest absolute Gasteiger partial charge is 0.302 e. The van der Waals surface area contributed by atoms with E-state index in [1.165, 1.54) is 28.7 Å². The molecular formula is C20H27N. The Morgan fingerprint density at radius 2 is 1.67 bits per heavy atom. The van der Waals surface area contributed by atoms with Crippen molar-refractivity contribution in [3.8, 4) is 11.1 Å². The summed E-state index contributed by atoms with van der Waals surface area (Å²) < 4.78 is 0. The van der Waals surface area contributed by atoms with Gasteiger partial charge in [0.2, 0.25) is 0 Å². The SMILES string of the molecule is Cc1cccc(-c2ccc(CN(C)CCC(C)C)cc2)c1. The normalized spacial score (nSPS) is 11.3. The number of rotatable bonds is 6. The van der Waals surface area contributed by atoms with Crippen molar-refractivity contribution in [2.24, 2.45) is 5.92 Å². The zero-order valence-electron chi connectivity index (χ0n) is 13.8. The van der Waals surface area contributed by atoms with Gasteiger partial charge in [-0.3, -0.25) is 0 Å². The smallest absolute Gasteiger partial charge is 0.0230 e. The molecule has 0 atom stereocenters. The molecule has 0 saturated carbocycles. The van der Waals surface area contributed by atoms with E-state index < -0.39 is 0 Å². The molecule has 0 aromatic heterocycles. The monoisotopic (exact) mass is 281 g/mol. The maximum absolute atomic E-state index is 2.40. The topological polar surface area (TPSA) is 3.24 Å². The Labute approximate surface area is 129 Å². The lowest BCUT2D eigenvalue weighted by atomic mass is 10.0. The predicted molar refractivity (Wildman–Crippen MR) is 92.4 cm³/mol. The van der Waals surface area contributed by atoms with Crippen LogP contribution in [0.25, 0.3) is 11.1 Å². The van der Waals surface area contributed by atoms with Gasteiger partial charge < -0.3 is 4.90 Å². The van der Waals surface area contributed by atoms with Crippen molar-refractivity contribution in [2.75, 3.05) is 13.6 Å². The summed E-state index contributed by atoms with van der Waals surface area (Å²) in [5.74, 6) is 0.774. The molecule has 0 unspecified atom stereocenters. The van der Waals surface area contributed by atoms with Crippen LogP contribution in [0.4, 0.5) is 0 Å². The highest BCUT2D eigenvalue weighted by molar-refractivity contribution is 5.64. The fraction of sp³-hybridized carbons (Fsp3) is 0.400. The Morgan fingerprint density at radius 1 is 0.952 bits per heavy atom. The van der Waals surface area contributed by atoms with E-state index in [0.717, 1.165) is 19.0 Å². The maximum atomic E-state index is 2.40. The van der Waals surface area contributed by atoms with Gasteiger partial charge in [0.25, 0.3) is 0 Å². The molecular weight excluding hydrogens is 254 g/mol. The molecule has 21 heavy (non-hydrogen) atoms. The zero-order chi connectivity index (χ0) is 15.2. The van der Waals surface area contributed by atoms with Crippen LogP contribution >= 0.6 is 0 Å². The van der Waals surface area contributed by atoms with Gasteiger partial charge in [0.15, 0.2) is 0 Å². The van der Waals surface area contributed by atoms with Gasteiger partial charge in [-0.1, -0.05) is 67.9 Å². The summed E-state index contributed by atoms with van der Waals surface area (Å²) >= 11 is 0. The van der Waals surface area contributed by atoms with Crippen LogP contribution in [0.2, 0.25) is 0 Å². The van der Waals surface area contributed by atoms with Crippen LogP contribution in [0.15, 0.2) is 48.5 Å². The van der Waals surface area contributed by atoms with Crippen LogP contribution in [-0.4, -0.2) is 18.5 Å². The first-order valence-corrected chi connectivity index (χ1v) is 7.89. The predicted octanol–water partition coefficient (Wildman–Crippen LogP) is 5.14. The molecule has 0 aliphatic heterocycles. The summed E-state index contributed by atoms with van der Waals surface area (Å²) in [6.07, 6.45) is 1.26. The average Bonchev–Trinajstić information content (AvgIpc) is 2.46. The number of hydrogen-bond donors (Lipinski definition) is 0. The van der Waals surface area contributed by atoms with Crippen LogP contribution in [0.5, 0.6) is 0 Å². The van der Waals surface area contributed by atoms with Crippen LogP contribution in [0, 0.1) is 12.8 Å². The molecule has 0 saturated heterocycles. The van der Waals surface area contributed by atoms with E-state index in [4.69, 9.17) is 0 Å². The van der Waals surface area contributed by atoms with Crippen molar-refractivity contribution in [2.45, 2.75) is 33.7 Å². The molecule has 0 N–H and O–H groups in total. The molecule has 2 aromatic carbocycles. The van der Waals surface area contributed by atoms with Crippen molar-refractivity contribution in [3.63, 3.8) is 0 Å². The fourth-order valence-electron chi connectivity index (χ4n) is 2.50. The second-order valence-electron chi connectivity index (χ2n) is 6.49. The molecule has 112 valence electrons. The highest BCUT2D eigenvalue weighted by Gasteiger charge is 2.03. The van der Waals surface area contributed by atoms with Gasteiger partial charge in [0.05, 0.1) is 0 Å². The van der Waals surface area contributed by atoms with Crippen LogP contribution in [0.3, 0.4) is 0 Å². The van der Waals surface area contributed by atoms with Crippen molar-refractivity contribution < 1.29 is 0 Å². The van der Waals surface area contributed by atoms with Gasteiger partial charge in [-0.15, -0.1) is 0 Å². The molecule has 0 aliphatic rings. The quantitative estimate of drug-likeness (QED) is 0.708. The van der Waals surface area contributed by atoms with Crippen LogP contribution in [-0.2, 0) is 6.54 Å². The Kier molecular flexibility index (Phi) is 5.58.